The highest BCUT2D eigenvalue weighted by Crippen LogP contribution is 2.21. The van der Waals surface area contributed by atoms with Crippen LogP contribution in [0.5, 0.6) is 5.75 Å². The first-order chi connectivity index (χ1) is 13.2. The summed E-state index contributed by atoms with van der Waals surface area (Å²) in [5.74, 6) is 2.39. The van der Waals surface area contributed by atoms with Gasteiger partial charge in [0.15, 0.2) is 5.82 Å². The zero-order chi connectivity index (χ0) is 19.1. The van der Waals surface area contributed by atoms with E-state index in [1.165, 1.54) is 38.0 Å². The van der Waals surface area contributed by atoms with E-state index in [1.807, 2.05) is 36.7 Å². The molecule has 1 saturated heterocycles. The Bertz CT molecular complexity index is 682. The number of piperidine rings is 1. The van der Waals surface area contributed by atoms with Crippen molar-refractivity contribution in [3.05, 3.63) is 42.2 Å². The quantitative estimate of drug-likeness (QED) is 0.710. The van der Waals surface area contributed by atoms with Crippen LogP contribution in [-0.4, -0.2) is 59.6 Å². The largest absolute Gasteiger partial charge is 0.497 e. The van der Waals surface area contributed by atoms with E-state index >= 15 is 0 Å². The smallest absolute Gasteiger partial charge is 0.159 e. The van der Waals surface area contributed by atoms with E-state index in [2.05, 4.69) is 33.6 Å². The van der Waals surface area contributed by atoms with Crippen LogP contribution in [0.1, 0.15) is 32.3 Å². The van der Waals surface area contributed by atoms with Crippen LogP contribution in [0.3, 0.4) is 0 Å². The zero-order valence-electron chi connectivity index (χ0n) is 16.9. The molecule has 0 N–H and O–H groups in total. The van der Waals surface area contributed by atoms with Crippen LogP contribution in [0, 0.1) is 5.92 Å². The lowest BCUT2D eigenvalue weighted by Crippen LogP contribution is -2.40. The molecule has 0 aliphatic carbocycles. The predicted molar refractivity (Wildman–Crippen MR) is 110 cm³/mol. The molecule has 0 radical (unpaired) electrons. The molecule has 3 rings (SSSR count). The van der Waals surface area contributed by atoms with Gasteiger partial charge in [0.25, 0.3) is 0 Å². The number of nitrogens with zero attached hydrogens (tertiary/aromatic N) is 4. The number of benzene rings is 1. The number of hydrogen-bond donors (Lipinski definition) is 0. The first kappa shape index (κ1) is 19.8. The van der Waals surface area contributed by atoms with E-state index in [-0.39, 0.29) is 0 Å². The van der Waals surface area contributed by atoms with Crippen LogP contribution in [-0.2, 0) is 6.54 Å². The fourth-order valence-electron chi connectivity index (χ4n) is 3.87. The van der Waals surface area contributed by atoms with Gasteiger partial charge in [0.2, 0.25) is 0 Å². The molecule has 0 spiro atoms. The number of rotatable bonds is 8. The van der Waals surface area contributed by atoms with Crippen LogP contribution >= 0.6 is 0 Å². The first-order valence-electron chi connectivity index (χ1n) is 10.1. The molecular weight excluding hydrogens is 336 g/mol. The summed E-state index contributed by atoms with van der Waals surface area (Å²) >= 11 is 0. The van der Waals surface area contributed by atoms with Crippen molar-refractivity contribution >= 4 is 0 Å². The monoisotopic (exact) mass is 368 g/mol. The van der Waals surface area contributed by atoms with Gasteiger partial charge in [-0.25, -0.2) is 9.97 Å². The van der Waals surface area contributed by atoms with E-state index in [9.17, 15) is 0 Å². The van der Waals surface area contributed by atoms with E-state index < -0.39 is 0 Å². The van der Waals surface area contributed by atoms with Crippen LogP contribution in [0.25, 0.3) is 11.4 Å². The van der Waals surface area contributed by atoms with Gasteiger partial charge in [0.1, 0.15) is 5.75 Å². The van der Waals surface area contributed by atoms with Gasteiger partial charge in [-0.1, -0.05) is 13.8 Å². The molecule has 5 nitrogen and oxygen atoms in total. The Balaban J connectivity index is 1.57. The molecule has 2 heterocycles. The number of aromatic nitrogens is 2. The molecule has 1 fully saturated rings. The highest BCUT2D eigenvalue weighted by Gasteiger charge is 2.21. The van der Waals surface area contributed by atoms with Crippen molar-refractivity contribution in [1.29, 1.82) is 0 Å². The van der Waals surface area contributed by atoms with E-state index in [0.717, 1.165) is 42.7 Å². The first-order valence-corrected chi connectivity index (χ1v) is 10.1. The number of ether oxygens (including phenoxy) is 1. The molecule has 27 heavy (non-hydrogen) atoms. The van der Waals surface area contributed by atoms with E-state index in [1.54, 1.807) is 7.11 Å². The van der Waals surface area contributed by atoms with E-state index in [0.29, 0.717) is 0 Å². The van der Waals surface area contributed by atoms with Crippen LogP contribution < -0.4 is 4.74 Å². The molecule has 1 aliphatic heterocycles. The van der Waals surface area contributed by atoms with Gasteiger partial charge in [0, 0.05) is 43.2 Å². The average molecular weight is 369 g/mol. The summed E-state index contributed by atoms with van der Waals surface area (Å²) in [6.07, 6.45) is 6.58. The fraction of sp³-hybridized carbons (Fsp3) is 0.545. The number of hydrogen-bond acceptors (Lipinski definition) is 5. The molecular formula is C22H32N4O. The summed E-state index contributed by atoms with van der Waals surface area (Å²) in [5.41, 5.74) is 2.20. The molecule has 1 aromatic carbocycles. The maximum absolute atomic E-state index is 5.21. The van der Waals surface area contributed by atoms with Crippen molar-refractivity contribution in [2.45, 2.75) is 33.2 Å². The Morgan fingerprint density at radius 3 is 2.44 bits per heavy atom. The van der Waals surface area contributed by atoms with Crippen LogP contribution in [0.2, 0.25) is 0 Å². The molecule has 5 heteroatoms. The summed E-state index contributed by atoms with van der Waals surface area (Å²) < 4.78 is 5.21. The zero-order valence-corrected chi connectivity index (χ0v) is 16.9. The van der Waals surface area contributed by atoms with Crippen molar-refractivity contribution < 1.29 is 4.74 Å². The second-order valence-corrected chi connectivity index (χ2v) is 7.37. The fourth-order valence-corrected chi connectivity index (χ4v) is 3.87. The summed E-state index contributed by atoms with van der Waals surface area (Å²) in [6.45, 7) is 11.3. The van der Waals surface area contributed by atoms with E-state index in [4.69, 9.17) is 4.74 Å². The third-order valence-corrected chi connectivity index (χ3v) is 5.47. The lowest BCUT2D eigenvalue weighted by Gasteiger charge is -2.35. The second-order valence-electron chi connectivity index (χ2n) is 7.37. The minimum absolute atomic E-state index is 0.763. The highest BCUT2D eigenvalue weighted by atomic mass is 16.5. The number of methoxy groups -OCH3 is 1. The summed E-state index contributed by atoms with van der Waals surface area (Å²) in [5, 5.41) is 0. The minimum Gasteiger partial charge on any atom is -0.497 e. The lowest BCUT2D eigenvalue weighted by atomic mass is 9.97. The van der Waals surface area contributed by atoms with Gasteiger partial charge in [-0.2, -0.15) is 0 Å². The molecule has 0 bridgehead atoms. The molecule has 0 amide bonds. The van der Waals surface area contributed by atoms with Crippen LogP contribution in [0.4, 0.5) is 0 Å². The SMILES string of the molecule is CCN(CC)CC1CCCN(Cc2cnc(-c3ccc(OC)cc3)nc2)C1. The average Bonchev–Trinajstić information content (AvgIpc) is 2.73. The van der Waals surface area contributed by atoms with Gasteiger partial charge in [-0.05, 0) is 62.7 Å². The third kappa shape index (κ3) is 5.50. The lowest BCUT2D eigenvalue weighted by molar-refractivity contribution is 0.132. The molecule has 0 saturated carbocycles. The van der Waals surface area contributed by atoms with Crippen molar-refractivity contribution in [3.8, 4) is 17.1 Å². The second kappa shape index (κ2) is 9.81. The highest BCUT2D eigenvalue weighted by molar-refractivity contribution is 5.55. The van der Waals surface area contributed by atoms with Gasteiger partial charge in [-0.3, -0.25) is 4.90 Å². The van der Waals surface area contributed by atoms with Crippen molar-refractivity contribution in [1.82, 2.24) is 19.8 Å². The Labute approximate surface area is 163 Å². The molecule has 1 aliphatic rings. The van der Waals surface area contributed by atoms with Gasteiger partial charge >= 0.3 is 0 Å². The van der Waals surface area contributed by atoms with Crippen molar-refractivity contribution in [3.63, 3.8) is 0 Å². The summed E-state index contributed by atoms with van der Waals surface area (Å²) in [4.78, 5) is 14.3. The summed E-state index contributed by atoms with van der Waals surface area (Å²) in [6, 6.07) is 7.87. The van der Waals surface area contributed by atoms with Gasteiger partial charge < -0.3 is 9.64 Å². The van der Waals surface area contributed by atoms with Crippen molar-refractivity contribution in [2.24, 2.45) is 5.92 Å². The Morgan fingerprint density at radius 1 is 1.11 bits per heavy atom. The molecule has 2 aromatic rings. The summed E-state index contributed by atoms with van der Waals surface area (Å²) in [7, 11) is 1.67. The Kier molecular flexibility index (Phi) is 7.18. The molecule has 1 aromatic heterocycles. The molecule has 1 atom stereocenters. The van der Waals surface area contributed by atoms with Gasteiger partial charge in [-0.15, -0.1) is 0 Å². The minimum atomic E-state index is 0.763. The van der Waals surface area contributed by atoms with Gasteiger partial charge in [0.05, 0.1) is 7.11 Å². The number of likely N-dealkylation sites (tertiary alicyclic amines) is 1. The standard InChI is InChI=1S/C22H32N4O/c1-4-25(5-2)15-18-7-6-12-26(16-18)17-19-13-23-22(24-14-19)20-8-10-21(27-3)11-9-20/h8-11,13-14,18H,4-7,12,15-17H2,1-3H3. The molecule has 146 valence electrons. The third-order valence-electron chi connectivity index (χ3n) is 5.47. The predicted octanol–water partition coefficient (Wildman–Crippen LogP) is 3.71. The Morgan fingerprint density at radius 2 is 1.81 bits per heavy atom. The normalized spacial score (nSPS) is 18.0. The van der Waals surface area contributed by atoms with Crippen LogP contribution in [0.15, 0.2) is 36.7 Å². The Hall–Kier alpha value is -1.98. The maximum Gasteiger partial charge on any atom is 0.159 e. The topological polar surface area (TPSA) is 41.5 Å². The van der Waals surface area contributed by atoms with Crippen molar-refractivity contribution in [2.75, 3.05) is 39.8 Å². The molecule has 1 unspecified atom stereocenters. The maximum atomic E-state index is 5.21.